The molecule has 0 N–H and O–H groups in total. The first-order chi connectivity index (χ1) is 11.9. The Morgan fingerprint density at radius 2 is 2.16 bits per heavy atom. The average Bonchev–Trinajstić information content (AvgIpc) is 3.21. The molecule has 2 aromatic heterocycles. The Morgan fingerprint density at radius 1 is 1.40 bits per heavy atom. The normalized spacial score (nSPS) is 13.8. The number of ether oxygens (including phenoxy) is 2. The predicted molar refractivity (Wildman–Crippen MR) is 103 cm³/mol. The van der Waals surface area contributed by atoms with E-state index < -0.39 is 0 Å². The Morgan fingerprint density at radius 3 is 2.76 bits per heavy atom. The number of esters is 1. The fourth-order valence-electron chi connectivity index (χ4n) is 2.39. The van der Waals surface area contributed by atoms with E-state index in [0.29, 0.717) is 17.2 Å². The summed E-state index contributed by atoms with van der Waals surface area (Å²) >= 11 is 2.97. The predicted octanol–water partition coefficient (Wildman–Crippen LogP) is 4.46. The lowest BCUT2D eigenvalue weighted by Gasteiger charge is -2.18. The largest absolute Gasteiger partial charge is 0.452 e. The van der Waals surface area contributed by atoms with Crippen LogP contribution < -0.4 is 0 Å². The highest BCUT2D eigenvalue weighted by atomic mass is 32.1. The van der Waals surface area contributed by atoms with Crippen LogP contribution in [0.25, 0.3) is 0 Å². The number of nitrogens with zero attached hydrogens (tertiary/aromatic N) is 2. The summed E-state index contributed by atoms with van der Waals surface area (Å²) in [4.78, 5) is 20.9. The molecule has 2 rings (SSSR count). The lowest BCUT2D eigenvalue weighted by molar-refractivity contribution is 0.0275. The number of hydrogen-bond acceptors (Lipinski definition) is 7. The monoisotopic (exact) mass is 382 g/mol. The molecule has 5 nitrogen and oxygen atoms in total. The summed E-state index contributed by atoms with van der Waals surface area (Å²) in [6.07, 6.45) is 0.417. The third-order valence-electron chi connectivity index (χ3n) is 3.71. The van der Waals surface area contributed by atoms with Crippen molar-refractivity contribution in [2.75, 3.05) is 27.2 Å². The Labute approximate surface area is 157 Å². The van der Waals surface area contributed by atoms with Gasteiger partial charge in [0.1, 0.15) is 22.1 Å². The first kappa shape index (κ1) is 20.0. The van der Waals surface area contributed by atoms with Crippen LogP contribution in [-0.2, 0) is 9.47 Å². The topological polar surface area (TPSA) is 51.7 Å². The van der Waals surface area contributed by atoms with Gasteiger partial charge in [-0.3, -0.25) is 0 Å². The minimum atomic E-state index is -0.304. The van der Waals surface area contributed by atoms with Crippen molar-refractivity contribution >= 4 is 28.6 Å². The van der Waals surface area contributed by atoms with Gasteiger partial charge in [0.05, 0.1) is 5.69 Å². The molecule has 0 saturated carbocycles. The number of aromatic nitrogens is 1. The van der Waals surface area contributed by atoms with Gasteiger partial charge in [-0.2, -0.15) is 0 Å². The van der Waals surface area contributed by atoms with Crippen molar-refractivity contribution in [2.24, 2.45) is 0 Å². The zero-order chi connectivity index (χ0) is 18.4. The van der Waals surface area contributed by atoms with Gasteiger partial charge >= 0.3 is 5.97 Å². The maximum Gasteiger partial charge on any atom is 0.350 e. The summed E-state index contributed by atoms with van der Waals surface area (Å²) in [7, 11) is 4.03. The van der Waals surface area contributed by atoms with Gasteiger partial charge in [-0.1, -0.05) is 6.07 Å². The molecule has 0 aliphatic carbocycles. The molecule has 2 heterocycles. The van der Waals surface area contributed by atoms with E-state index >= 15 is 0 Å². The van der Waals surface area contributed by atoms with E-state index in [4.69, 9.17) is 9.47 Å². The molecule has 0 saturated heterocycles. The van der Waals surface area contributed by atoms with Crippen LogP contribution in [0.2, 0.25) is 0 Å². The first-order valence-corrected chi connectivity index (χ1v) is 10.1. The molecular formula is C18H26N2O3S2. The first-order valence-electron chi connectivity index (χ1n) is 8.40. The Kier molecular flexibility index (Phi) is 7.56. The lowest BCUT2D eigenvalue weighted by atomic mass is 10.2. The van der Waals surface area contributed by atoms with Crippen molar-refractivity contribution < 1.29 is 14.3 Å². The number of thiophene rings is 1. The van der Waals surface area contributed by atoms with Crippen LogP contribution in [0.3, 0.4) is 0 Å². The second-order valence-corrected chi connectivity index (χ2v) is 8.08. The van der Waals surface area contributed by atoms with Crippen LogP contribution in [0.1, 0.15) is 57.7 Å². The average molecular weight is 383 g/mol. The van der Waals surface area contributed by atoms with Crippen molar-refractivity contribution in [1.29, 1.82) is 0 Å². The molecule has 0 unspecified atom stereocenters. The third-order valence-corrected chi connectivity index (χ3v) is 5.97. The standard InChI is InChI=1S/C18H26N2O3S2/c1-6-22-13(3)17-19-12(2)16(25-17)18(21)23-14(9-10-20(4)5)15-8-7-11-24-15/h7-8,11,13-14H,6,9-10H2,1-5H3/t13-,14-/m0/s1. The van der Waals surface area contributed by atoms with Gasteiger partial charge in [-0.15, -0.1) is 22.7 Å². The molecule has 2 aromatic rings. The summed E-state index contributed by atoms with van der Waals surface area (Å²) in [6.45, 7) is 7.20. The summed E-state index contributed by atoms with van der Waals surface area (Å²) in [5.41, 5.74) is 0.703. The van der Waals surface area contributed by atoms with E-state index in [9.17, 15) is 4.79 Å². The number of thiazole rings is 1. The minimum absolute atomic E-state index is 0.114. The molecule has 0 radical (unpaired) electrons. The Hall–Kier alpha value is -1.28. The second-order valence-electron chi connectivity index (χ2n) is 6.07. The fourth-order valence-corrected chi connectivity index (χ4v) is 4.13. The summed E-state index contributed by atoms with van der Waals surface area (Å²) in [5.74, 6) is -0.304. The highest BCUT2D eigenvalue weighted by molar-refractivity contribution is 7.13. The molecule has 0 aliphatic heterocycles. The molecule has 0 fully saturated rings. The molecule has 0 spiro atoms. The Balaban J connectivity index is 2.12. The van der Waals surface area contributed by atoms with Gasteiger partial charge in [0.25, 0.3) is 0 Å². The van der Waals surface area contributed by atoms with E-state index in [-0.39, 0.29) is 18.2 Å². The van der Waals surface area contributed by atoms with Gasteiger partial charge < -0.3 is 14.4 Å². The van der Waals surface area contributed by atoms with Crippen LogP contribution >= 0.6 is 22.7 Å². The highest BCUT2D eigenvalue weighted by Crippen LogP contribution is 2.30. The van der Waals surface area contributed by atoms with Crippen LogP contribution in [0.15, 0.2) is 17.5 Å². The van der Waals surface area contributed by atoms with Crippen molar-refractivity contribution in [2.45, 2.75) is 39.4 Å². The van der Waals surface area contributed by atoms with E-state index in [2.05, 4.69) is 9.88 Å². The summed E-state index contributed by atoms with van der Waals surface area (Å²) in [5, 5.41) is 2.82. The number of rotatable bonds is 9. The van der Waals surface area contributed by atoms with Crippen LogP contribution in [0, 0.1) is 6.92 Å². The number of aryl methyl sites for hydroxylation is 1. The molecule has 138 valence electrons. The molecule has 0 bridgehead atoms. The maximum atomic E-state index is 12.7. The molecule has 7 heteroatoms. The molecular weight excluding hydrogens is 356 g/mol. The van der Waals surface area contributed by atoms with Gasteiger partial charge in [0, 0.05) is 24.4 Å². The van der Waals surface area contributed by atoms with E-state index in [1.807, 2.05) is 52.4 Å². The fraction of sp³-hybridized carbons (Fsp3) is 0.556. The van der Waals surface area contributed by atoms with Crippen LogP contribution in [0.5, 0.6) is 0 Å². The third kappa shape index (κ3) is 5.60. The minimum Gasteiger partial charge on any atom is -0.452 e. The quantitative estimate of drug-likeness (QED) is 0.599. The maximum absolute atomic E-state index is 12.7. The van der Waals surface area contributed by atoms with Crippen LogP contribution in [0.4, 0.5) is 0 Å². The smallest absolute Gasteiger partial charge is 0.350 e. The van der Waals surface area contributed by atoms with Crippen LogP contribution in [-0.4, -0.2) is 43.1 Å². The number of carbonyl (C=O) groups is 1. The zero-order valence-electron chi connectivity index (χ0n) is 15.4. The summed E-state index contributed by atoms with van der Waals surface area (Å²) < 4.78 is 11.4. The van der Waals surface area contributed by atoms with E-state index in [1.54, 1.807) is 11.3 Å². The van der Waals surface area contributed by atoms with Crippen molar-refractivity contribution in [1.82, 2.24) is 9.88 Å². The van der Waals surface area contributed by atoms with Gasteiger partial charge in [-0.25, -0.2) is 9.78 Å². The van der Waals surface area contributed by atoms with Gasteiger partial charge in [-0.05, 0) is 46.3 Å². The SMILES string of the molecule is CCO[C@@H](C)c1nc(C)c(C(=O)O[C@@H](CCN(C)C)c2cccs2)s1. The lowest BCUT2D eigenvalue weighted by Crippen LogP contribution is -2.19. The summed E-state index contributed by atoms with van der Waals surface area (Å²) in [6, 6.07) is 4.00. The van der Waals surface area contributed by atoms with Crippen molar-refractivity contribution in [3.63, 3.8) is 0 Å². The molecule has 2 atom stereocenters. The van der Waals surface area contributed by atoms with E-state index in [1.165, 1.54) is 11.3 Å². The molecule has 25 heavy (non-hydrogen) atoms. The second kappa shape index (κ2) is 9.43. The highest BCUT2D eigenvalue weighted by Gasteiger charge is 2.24. The Bertz CT molecular complexity index is 668. The van der Waals surface area contributed by atoms with E-state index in [0.717, 1.165) is 22.9 Å². The number of hydrogen-bond donors (Lipinski definition) is 0. The zero-order valence-corrected chi connectivity index (χ0v) is 17.1. The molecule has 0 aliphatic rings. The molecule has 0 amide bonds. The number of carbonyl (C=O) groups excluding carboxylic acids is 1. The van der Waals surface area contributed by atoms with Crippen molar-refractivity contribution in [3.05, 3.63) is 38.0 Å². The molecule has 0 aromatic carbocycles. The van der Waals surface area contributed by atoms with Gasteiger partial charge in [0.15, 0.2) is 0 Å². The van der Waals surface area contributed by atoms with Gasteiger partial charge in [0.2, 0.25) is 0 Å². The van der Waals surface area contributed by atoms with Crippen molar-refractivity contribution in [3.8, 4) is 0 Å².